The molecular formula is C17H10F3N3. The number of aromatic amines is 1. The fraction of sp³-hybridized carbons (Fsp3) is 0.0588. The standard InChI is InChI=1S/C17H10F3N3/c18-17(19,20)13-6-14(15-9-22-23-16(15)7-13)11-2-1-10-3-4-21-8-12(10)5-11/h1-9H,(H,22,23). The monoisotopic (exact) mass is 313 g/mol. The van der Waals surface area contributed by atoms with Gasteiger partial charge in [0.15, 0.2) is 0 Å². The van der Waals surface area contributed by atoms with Gasteiger partial charge in [-0.3, -0.25) is 10.1 Å². The van der Waals surface area contributed by atoms with Crippen LogP contribution < -0.4 is 0 Å². The van der Waals surface area contributed by atoms with E-state index in [0.717, 1.165) is 22.9 Å². The van der Waals surface area contributed by atoms with Gasteiger partial charge in [-0.2, -0.15) is 18.3 Å². The number of aromatic nitrogens is 3. The smallest absolute Gasteiger partial charge is 0.278 e. The molecule has 0 fully saturated rings. The number of rotatable bonds is 1. The second-order valence-electron chi connectivity index (χ2n) is 5.29. The molecule has 0 bridgehead atoms. The molecule has 23 heavy (non-hydrogen) atoms. The van der Waals surface area contributed by atoms with Crippen LogP contribution in [0.2, 0.25) is 0 Å². The van der Waals surface area contributed by atoms with Crippen LogP contribution >= 0.6 is 0 Å². The molecule has 0 radical (unpaired) electrons. The van der Waals surface area contributed by atoms with Crippen LogP contribution in [-0.2, 0) is 6.18 Å². The lowest BCUT2D eigenvalue weighted by Crippen LogP contribution is -2.05. The molecule has 0 aliphatic carbocycles. The summed E-state index contributed by atoms with van der Waals surface area (Å²) in [5.41, 5.74) is 0.856. The average molecular weight is 313 g/mol. The first-order chi connectivity index (χ1) is 11.0. The van der Waals surface area contributed by atoms with E-state index in [-0.39, 0.29) is 0 Å². The van der Waals surface area contributed by atoms with Crippen molar-refractivity contribution < 1.29 is 13.2 Å². The summed E-state index contributed by atoms with van der Waals surface area (Å²) in [4.78, 5) is 4.06. The molecule has 0 amide bonds. The van der Waals surface area contributed by atoms with Gasteiger partial charge < -0.3 is 0 Å². The van der Waals surface area contributed by atoms with E-state index in [9.17, 15) is 13.2 Å². The highest BCUT2D eigenvalue weighted by atomic mass is 19.4. The van der Waals surface area contributed by atoms with Crippen LogP contribution in [0.5, 0.6) is 0 Å². The summed E-state index contributed by atoms with van der Waals surface area (Å²) in [7, 11) is 0. The normalized spacial score (nSPS) is 12.1. The summed E-state index contributed by atoms with van der Waals surface area (Å²) in [6, 6.07) is 9.62. The molecule has 2 aromatic carbocycles. The Kier molecular flexibility index (Phi) is 2.87. The highest BCUT2D eigenvalue weighted by Crippen LogP contribution is 2.37. The zero-order valence-electron chi connectivity index (χ0n) is 11.7. The number of nitrogens with one attached hydrogen (secondary N) is 1. The van der Waals surface area contributed by atoms with Crippen molar-refractivity contribution >= 4 is 21.7 Å². The lowest BCUT2D eigenvalue weighted by Gasteiger charge is -2.11. The molecule has 4 rings (SSSR count). The second-order valence-corrected chi connectivity index (χ2v) is 5.29. The van der Waals surface area contributed by atoms with Gasteiger partial charge in [0.05, 0.1) is 17.3 Å². The van der Waals surface area contributed by atoms with Crippen molar-refractivity contribution in [3.05, 3.63) is 60.6 Å². The van der Waals surface area contributed by atoms with Crippen LogP contribution in [0.3, 0.4) is 0 Å². The molecule has 0 spiro atoms. The summed E-state index contributed by atoms with van der Waals surface area (Å²) >= 11 is 0. The topological polar surface area (TPSA) is 41.6 Å². The van der Waals surface area contributed by atoms with Crippen LogP contribution in [0.25, 0.3) is 32.8 Å². The third-order valence-corrected chi connectivity index (χ3v) is 3.84. The van der Waals surface area contributed by atoms with Gasteiger partial charge >= 0.3 is 6.18 Å². The molecule has 114 valence electrons. The third kappa shape index (κ3) is 2.32. The molecule has 0 unspecified atom stereocenters. The number of nitrogens with zero attached hydrogens (tertiary/aromatic N) is 2. The third-order valence-electron chi connectivity index (χ3n) is 3.84. The number of fused-ring (bicyclic) bond motifs is 2. The Morgan fingerprint density at radius 3 is 2.61 bits per heavy atom. The number of hydrogen-bond donors (Lipinski definition) is 1. The number of H-pyrrole nitrogens is 1. The van der Waals surface area contributed by atoms with Gasteiger partial charge in [0.1, 0.15) is 0 Å². The van der Waals surface area contributed by atoms with Gasteiger partial charge in [-0.1, -0.05) is 12.1 Å². The van der Waals surface area contributed by atoms with Crippen LogP contribution in [0.1, 0.15) is 5.56 Å². The molecule has 1 N–H and O–H groups in total. The number of alkyl halides is 3. The fourth-order valence-electron chi connectivity index (χ4n) is 2.71. The van der Waals surface area contributed by atoms with Gasteiger partial charge in [0, 0.05) is 23.2 Å². The zero-order valence-corrected chi connectivity index (χ0v) is 11.7. The number of halogens is 3. The molecule has 4 aromatic rings. The molecule has 2 aromatic heterocycles. The van der Waals surface area contributed by atoms with E-state index in [1.54, 1.807) is 12.4 Å². The summed E-state index contributed by atoms with van der Waals surface area (Å²) in [5.74, 6) is 0. The molecule has 3 nitrogen and oxygen atoms in total. The van der Waals surface area contributed by atoms with E-state index in [1.807, 2.05) is 24.3 Å². The Labute approximate surface area is 128 Å². The van der Waals surface area contributed by atoms with E-state index >= 15 is 0 Å². The van der Waals surface area contributed by atoms with Crippen molar-refractivity contribution in [2.45, 2.75) is 6.18 Å². The van der Waals surface area contributed by atoms with E-state index in [0.29, 0.717) is 22.0 Å². The number of hydrogen-bond acceptors (Lipinski definition) is 2. The molecule has 0 saturated carbocycles. The lowest BCUT2D eigenvalue weighted by molar-refractivity contribution is -0.137. The molecule has 2 heterocycles. The average Bonchev–Trinajstić information content (AvgIpc) is 3.01. The predicted molar refractivity (Wildman–Crippen MR) is 81.8 cm³/mol. The minimum absolute atomic E-state index is 0.362. The summed E-state index contributed by atoms with van der Waals surface area (Å²) in [6.07, 6.45) is 0.504. The Morgan fingerprint density at radius 1 is 0.913 bits per heavy atom. The Bertz CT molecular complexity index is 1020. The van der Waals surface area contributed by atoms with E-state index in [1.165, 1.54) is 6.20 Å². The molecule has 0 aliphatic heterocycles. The van der Waals surface area contributed by atoms with Crippen LogP contribution in [-0.4, -0.2) is 15.2 Å². The summed E-state index contributed by atoms with van der Waals surface area (Å²) in [5, 5.41) is 9.00. The van der Waals surface area contributed by atoms with Gasteiger partial charge in [0.25, 0.3) is 0 Å². The molecule has 0 saturated heterocycles. The Hall–Kier alpha value is -2.89. The Balaban J connectivity index is 2.00. The van der Waals surface area contributed by atoms with Crippen molar-refractivity contribution in [2.75, 3.05) is 0 Å². The molecular weight excluding hydrogens is 303 g/mol. The van der Waals surface area contributed by atoms with Crippen LogP contribution in [0, 0.1) is 0 Å². The Morgan fingerprint density at radius 2 is 1.78 bits per heavy atom. The molecule has 0 atom stereocenters. The minimum atomic E-state index is -4.41. The quantitative estimate of drug-likeness (QED) is 0.548. The van der Waals surface area contributed by atoms with E-state index in [4.69, 9.17) is 0 Å². The lowest BCUT2D eigenvalue weighted by atomic mass is 9.97. The summed E-state index contributed by atoms with van der Waals surface area (Å²) in [6.45, 7) is 0. The van der Waals surface area contributed by atoms with Crippen LogP contribution in [0.15, 0.2) is 55.0 Å². The van der Waals surface area contributed by atoms with Gasteiger partial charge in [-0.15, -0.1) is 0 Å². The molecule has 6 heteroatoms. The maximum atomic E-state index is 13.1. The highest BCUT2D eigenvalue weighted by Gasteiger charge is 2.31. The second kappa shape index (κ2) is 4.81. The first-order valence-corrected chi connectivity index (χ1v) is 6.91. The maximum absolute atomic E-state index is 13.1. The van der Waals surface area contributed by atoms with Gasteiger partial charge in [-0.05, 0) is 40.8 Å². The summed E-state index contributed by atoms with van der Waals surface area (Å²) < 4.78 is 39.4. The predicted octanol–water partition coefficient (Wildman–Crippen LogP) is 4.80. The first-order valence-electron chi connectivity index (χ1n) is 6.91. The highest BCUT2D eigenvalue weighted by molar-refractivity contribution is 5.97. The van der Waals surface area contributed by atoms with E-state index < -0.39 is 11.7 Å². The van der Waals surface area contributed by atoms with E-state index in [2.05, 4.69) is 15.2 Å². The van der Waals surface area contributed by atoms with Crippen molar-refractivity contribution in [3.8, 4) is 11.1 Å². The minimum Gasteiger partial charge on any atom is -0.278 e. The van der Waals surface area contributed by atoms with Crippen molar-refractivity contribution in [1.29, 1.82) is 0 Å². The van der Waals surface area contributed by atoms with Crippen molar-refractivity contribution in [2.24, 2.45) is 0 Å². The van der Waals surface area contributed by atoms with Crippen molar-refractivity contribution in [1.82, 2.24) is 15.2 Å². The first kappa shape index (κ1) is 13.8. The maximum Gasteiger partial charge on any atom is 0.416 e. The van der Waals surface area contributed by atoms with Gasteiger partial charge in [0.2, 0.25) is 0 Å². The molecule has 0 aliphatic rings. The van der Waals surface area contributed by atoms with Crippen molar-refractivity contribution in [3.63, 3.8) is 0 Å². The van der Waals surface area contributed by atoms with Gasteiger partial charge in [-0.25, -0.2) is 0 Å². The fourth-order valence-corrected chi connectivity index (χ4v) is 2.71. The largest absolute Gasteiger partial charge is 0.416 e. The number of pyridine rings is 1. The zero-order chi connectivity index (χ0) is 16.0. The number of benzene rings is 2. The van der Waals surface area contributed by atoms with Crippen LogP contribution in [0.4, 0.5) is 13.2 Å². The SMILES string of the molecule is FC(F)(F)c1cc(-c2ccc3ccncc3c2)c2cn[nH]c2c1.